The van der Waals surface area contributed by atoms with Gasteiger partial charge in [0.1, 0.15) is 18.5 Å². The van der Waals surface area contributed by atoms with Crippen LogP contribution in [0.2, 0.25) is 0 Å². The molecule has 1 unspecified atom stereocenters. The number of aliphatic hydroxyl groups is 3. The van der Waals surface area contributed by atoms with Gasteiger partial charge in [-0.3, -0.25) is 0 Å². The molecule has 0 aliphatic carbocycles. The van der Waals surface area contributed by atoms with Crippen molar-refractivity contribution >= 4 is 5.95 Å². The summed E-state index contributed by atoms with van der Waals surface area (Å²) in [5.74, 6) is -3.41. The Bertz CT molecular complexity index is 385. The molecule has 0 radical (unpaired) electrons. The number of nitro groups is 1. The molecule has 0 saturated heterocycles. The van der Waals surface area contributed by atoms with E-state index in [0.29, 0.717) is 0 Å². The fourth-order valence-corrected chi connectivity index (χ4v) is 1.25. The third-order valence-corrected chi connectivity index (χ3v) is 2.07. The molecule has 0 fully saturated rings. The highest BCUT2D eigenvalue weighted by atomic mass is 16.7. The molecule has 1 atom stereocenters. The van der Waals surface area contributed by atoms with Crippen molar-refractivity contribution < 1.29 is 25.0 Å². The lowest BCUT2D eigenvalue weighted by Gasteiger charge is -2.24. The number of nitrogens with zero attached hydrogens (tertiary/aromatic N) is 3. The lowest BCUT2D eigenvalue weighted by atomic mass is 10.2. The SMILES string of the molecule is CCC(OCn1ccnc1[N+](=O)[O-])C(O)(O)O. The van der Waals surface area contributed by atoms with Gasteiger partial charge in [0.05, 0.1) is 0 Å². The summed E-state index contributed by atoms with van der Waals surface area (Å²) in [5.41, 5.74) is 0. The van der Waals surface area contributed by atoms with Gasteiger partial charge in [0.2, 0.25) is 0 Å². The standard InChI is InChI=1S/C8H13N3O6/c1-2-6(8(12,13)14)17-5-10-4-3-9-7(10)11(15)16/h3-4,6,12-14H,2,5H2,1H3. The summed E-state index contributed by atoms with van der Waals surface area (Å²) in [6, 6.07) is 0. The highest BCUT2D eigenvalue weighted by Crippen LogP contribution is 2.14. The summed E-state index contributed by atoms with van der Waals surface area (Å²) in [6.45, 7) is 1.24. The van der Waals surface area contributed by atoms with Crippen molar-refractivity contribution in [3.05, 3.63) is 22.5 Å². The van der Waals surface area contributed by atoms with Gasteiger partial charge in [-0.05, 0) is 11.3 Å². The molecule has 1 aromatic heterocycles. The second-order valence-electron chi connectivity index (χ2n) is 3.33. The summed E-state index contributed by atoms with van der Waals surface area (Å²) in [5, 5.41) is 37.2. The molecule has 9 heteroatoms. The van der Waals surface area contributed by atoms with Crippen molar-refractivity contribution in [3.8, 4) is 0 Å². The molecular weight excluding hydrogens is 234 g/mol. The number of hydrogen-bond donors (Lipinski definition) is 3. The average Bonchev–Trinajstić information content (AvgIpc) is 2.64. The molecule has 0 aliphatic rings. The Morgan fingerprint density at radius 3 is 2.76 bits per heavy atom. The molecule has 0 spiro atoms. The average molecular weight is 247 g/mol. The van der Waals surface area contributed by atoms with E-state index in [0.717, 1.165) is 4.57 Å². The Balaban J connectivity index is 2.66. The van der Waals surface area contributed by atoms with Crippen LogP contribution in [0.4, 0.5) is 5.95 Å². The normalized spacial score (nSPS) is 13.6. The Labute approximate surface area is 96.0 Å². The highest BCUT2D eigenvalue weighted by Gasteiger charge is 2.32. The van der Waals surface area contributed by atoms with E-state index in [2.05, 4.69) is 4.98 Å². The summed E-state index contributed by atoms with van der Waals surface area (Å²) in [6.07, 6.45) is 1.36. The van der Waals surface area contributed by atoms with Crippen LogP contribution in [-0.4, -0.2) is 41.9 Å². The van der Waals surface area contributed by atoms with Gasteiger partial charge in [0.25, 0.3) is 0 Å². The fourth-order valence-electron chi connectivity index (χ4n) is 1.25. The Morgan fingerprint density at radius 1 is 1.65 bits per heavy atom. The van der Waals surface area contributed by atoms with E-state index in [1.54, 1.807) is 6.92 Å². The first-order valence-electron chi connectivity index (χ1n) is 4.80. The van der Waals surface area contributed by atoms with Crippen LogP contribution in [0, 0.1) is 10.1 Å². The van der Waals surface area contributed by atoms with Gasteiger partial charge in [-0.2, -0.15) is 0 Å². The van der Waals surface area contributed by atoms with Crippen LogP contribution < -0.4 is 0 Å². The second kappa shape index (κ2) is 5.19. The van der Waals surface area contributed by atoms with Crippen molar-refractivity contribution in [2.75, 3.05) is 0 Å². The first kappa shape index (κ1) is 13.5. The zero-order chi connectivity index (χ0) is 13.1. The highest BCUT2D eigenvalue weighted by molar-refractivity contribution is 5.05. The molecule has 1 aromatic rings. The quantitative estimate of drug-likeness (QED) is 0.340. The summed E-state index contributed by atoms with van der Waals surface area (Å²) >= 11 is 0. The second-order valence-corrected chi connectivity index (χ2v) is 3.33. The molecule has 1 rings (SSSR count). The molecule has 17 heavy (non-hydrogen) atoms. The van der Waals surface area contributed by atoms with E-state index < -0.39 is 22.9 Å². The van der Waals surface area contributed by atoms with Crippen LogP contribution in [0.15, 0.2) is 12.4 Å². The number of hydrogen-bond acceptors (Lipinski definition) is 7. The molecule has 9 nitrogen and oxygen atoms in total. The van der Waals surface area contributed by atoms with E-state index in [9.17, 15) is 10.1 Å². The van der Waals surface area contributed by atoms with Gasteiger partial charge in [-0.25, -0.2) is 4.57 Å². The predicted octanol–water partition coefficient (Wildman–Crippen LogP) is -0.825. The van der Waals surface area contributed by atoms with Crippen LogP contribution >= 0.6 is 0 Å². The number of ether oxygens (including phenoxy) is 1. The monoisotopic (exact) mass is 247 g/mol. The van der Waals surface area contributed by atoms with E-state index in [4.69, 9.17) is 20.1 Å². The van der Waals surface area contributed by atoms with Crippen molar-refractivity contribution in [1.82, 2.24) is 9.55 Å². The van der Waals surface area contributed by atoms with Crippen LogP contribution in [0.25, 0.3) is 0 Å². The third kappa shape index (κ3) is 3.46. The van der Waals surface area contributed by atoms with E-state index >= 15 is 0 Å². The van der Waals surface area contributed by atoms with Gasteiger partial charge in [0.15, 0.2) is 6.73 Å². The summed E-state index contributed by atoms with van der Waals surface area (Å²) < 4.78 is 6.02. The first-order valence-corrected chi connectivity index (χ1v) is 4.80. The van der Waals surface area contributed by atoms with E-state index in [-0.39, 0.29) is 13.2 Å². The van der Waals surface area contributed by atoms with Crippen LogP contribution in [-0.2, 0) is 11.5 Å². The molecular formula is C8H13N3O6. The van der Waals surface area contributed by atoms with Crippen molar-refractivity contribution in [1.29, 1.82) is 0 Å². The maximum absolute atomic E-state index is 10.5. The summed E-state index contributed by atoms with van der Waals surface area (Å²) in [4.78, 5) is 13.3. The van der Waals surface area contributed by atoms with Gasteiger partial charge < -0.3 is 30.2 Å². The van der Waals surface area contributed by atoms with E-state index in [1.807, 2.05) is 0 Å². The van der Waals surface area contributed by atoms with Crippen LogP contribution in [0.1, 0.15) is 13.3 Å². The Kier molecular flexibility index (Phi) is 4.12. The lowest BCUT2D eigenvalue weighted by molar-refractivity contribution is -0.399. The topological polar surface area (TPSA) is 131 Å². The van der Waals surface area contributed by atoms with Gasteiger partial charge in [-0.1, -0.05) is 11.9 Å². The zero-order valence-electron chi connectivity index (χ0n) is 9.05. The zero-order valence-corrected chi connectivity index (χ0v) is 9.05. The fraction of sp³-hybridized carbons (Fsp3) is 0.625. The molecule has 0 aliphatic heterocycles. The molecule has 0 aromatic carbocycles. The number of imidazole rings is 1. The Hall–Kier alpha value is -1.55. The van der Waals surface area contributed by atoms with Crippen LogP contribution in [0.5, 0.6) is 0 Å². The number of aromatic nitrogens is 2. The lowest BCUT2D eigenvalue weighted by Crippen LogP contribution is -2.43. The molecule has 3 N–H and O–H groups in total. The Morgan fingerprint density at radius 2 is 2.29 bits per heavy atom. The van der Waals surface area contributed by atoms with Gasteiger partial charge in [0, 0.05) is 0 Å². The predicted molar refractivity (Wildman–Crippen MR) is 53.4 cm³/mol. The largest absolute Gasteiger partial charge is 0.436 e. The minimum absolute atomic E-state index is 0.117. The maximum atomic E-state index is 10.5. The van der Waals surface area contributed by atoms with Crippen molar-refractivity contribution in [3.63, 3.8) is 0 Å². The minimum Gasteiger partial charge on any atom is -0.390 e. The van der Waals surface area contributed by atoms with Crippen molar-refractivity contribution in [2.45, 2.75) is 32.2 Å². The van der Waals surface area contributed by atoms with Crippen molar-refractivity contribution in [2.24, 2.45) is 0 Å². The molecule has 1 heterocycles. The molecule has 96 valence electrons. The third-order valence-electron chi connectivity index (χ3n) is 2.07. The molecule has 0 bridgehead atoms. The smallest absolute Gasteiger partial charge is 0.390 e. The van der Waals surface area contributed by atoms with Crippen LogP contribution in [0.3, 0.4) is 0 Å². The summed E-state index contributed by atoms with van der Waals surface area (Å²) in [7, 11) is 0. The van der Waals surface area contributed by atoms with Gasteiger partial charge in [-0.15, -0.1) is 0 Å². The molecule has 0 saturated carbocycles. The molecule has 0 amide bonds. The first-order chi connectivity index (χ1) is 7.86. The van der Waals surface area contributed by atoms with E-state index in [1.165, 1.54) is 12.4 Å². The minimum atomic E-state index is -2.98. The maximum Gasteiger partial charge on any atom is 0.436 e. The number of rotatable bonds is 6. The van der Waals surface area contributed by atoms with Gasteiger partial charge >= 0.3 is 11.9 Å².